The third-order valence-electron chi connectivity index (χ3n) is 5.03. The summed E-state index contributed by atoms with van der Waals surface area (Å²) in [6, 6.07) is 6.42. The molecule has 8 heteroatoms. The lowest BCUT2D eigenvalue weighted by Gasteiger charge is -2.36. The van der Waals surface area contributed by atoms with Crippen molar-refractivity contribution in [1.82, 2.24) is 10.2 Å². The second kappa shape index (κ2) is 10.9. The molecule has 1 unspecified atom stereocenters. The van der Waals surface area contributed by atoms with Gasteiger partial charge in [-0.1, -0.05) is 23.8 Å². The third kappa shape index (κ3) is 7.10. The van der Waals surface area contributed by atoms with Gasteiger partial charge in [0.15, 0.2) is 15.8 Å². The van der Waals surface area contributed by atoms with Crippen molar-refractivity contribution in [1.29, 1.82) is 0 Å². The summed E-state index contributed by atoms with van der Waals surface area (Å²) in [5.41, 5.74) is 3.66. The number of morpholine rings is 1. The molecule has 2 rings (SSSR count). The smallest absolute Gasteiger partial charge is 0.194 e. The highest BCUT2D eigenvalue weighted by molar-refractivity contribution is 14.0. The first-order valence-electron chi connectivity index (χ1n) is 9.99. The topological polar surface area (TPSA) is 71.0 Å². The summed E-state index contributed by atoms with van der Waals surface area (Å²) in [5.74, 6) is 0.806. The Morgan fingerprint density at radius 3 is 2.59 bits per heavy atom. The maximum atomic E-state index is 12.3. The lowest BCUT2D eigenvalue weighted by Crippen LogP contribution is -2.48. The van der Waals surface area contributed by atoms with E-state index in [9.17, 15) is 8.42 Å². The van der Waals surface area contributed by atoms with E-state index in [1.54, 1.807) is 20.8 Å². The second-order valence-electron chi connectivity index (χ2n) is 8.33. The van der Waals surface area contributed by atoms with E-state index in [-0.39, 0.29) is 42.4 Å². The van der Waals surface area contributed by atoms with E-state index in [1.807, 2.05) is 6.92 Å². The largest absolute Gasteiger partial charge is 0.370 e. The Labute approximate surface area is 193 Å². The summed E-state index contributed by atoms with van der Waals surface area (Å²) in [6.45, 7) is 14.4. The number of rotatable bonds is 5. The fraction of sp³-hybridized carbons (Fsp3) is 0.667. The van der Waals surface area contributed by atoms with Crippen LogP contribution in [0.25, 0.3) is 0 Å². The molecule has 1 aliphatic rings. The van der Waals surface area contributed by atoms with Gasteiger partial charge in [0.1, 0.15) is 6.10 Å². The predicted octanol–water partition coefficient (Wildman–Crippen LogP) is 3.47. The van der Waals surface area contributed by atoms with Crippen LogP contribution >= 0.6 is 24.0 Å². The fourth-order valence-corrected chi connectivity index (χ4v) is 4.16. The van der Waals surface area contributed by atoms with Crippen molar-refractivity contribution >= 4 is 39.8 Å². The van der Waals surface area contributed by atoms with Crippen molar-refractivity contribution in [3.63, 3.8) is 0 Å². The number of hydrogen-bond acceptors (Lipinski definition) is 4. The van der Waals surface area contributed by atoms with Crippen LogP contribution in [0, 0.1) is 13.8 Å². The minimum absolute atomic E-state index is 0. The minimum atomic E-state index is -3.18. The van der Waals surface area contributed by atoms with Crippen LogP contribution in [0.4, 0.5) is 0 Å². The molecule has 1 saturated heterocycles. The van der Waals surface area contributed by atoms with E-state index in [2.05, 4.69) is 47.3 Å². The molecule has 166 valence electrons. The number of hydrogen-bond donors (Lipinski definition) is 1. The van der Waals surface area contributed by atoms with Gasteiger partial charge in [-0.3, -0.25) is 4.99 Å². The molecular formula is C21H36IN3O3S. The monoisotopic (exact) mass is 537 g/mol. The molecule has 29 heavy (non-hydrogen) atoms. The summed E-state index contributed by atoms with van der Waals surface area (Å²) in [5, 5.41) is 3.30. The Kier molecular flexibility index (Phi) is 9.88. The number of nitrogens with one attached hydrogen (secondary N) is 1. The highest BCUT2D eigenvalue weighted by Crippen LogP contribution is 2.26. The quantitative estimate of drug-likeness (QED) is 0.354. The van der Waals surface area contributed by atoms with Gasteiger partial charge in [-0.2, -0.15) is 0 Å². The van der Waals surface area contributed by atoms with E-state index in [1.165, 1.54) is 16.7 Å². The average Bonchev–Trinajstić information content (AvgIpc) is 2.60. The molecule has 1 aliphatic heterocycles. The van der Waals surface area contributed by atoms with Gasteiger partial charge >= 0.3 is 0 Å². The highest BCUT2D eigenvalue weighted by Gasteiger charge is 2.29. The normalized spacial score (nSPS) is 18.3. The molecule has 1 fully saturated rings. The van der Waals surface area contributed by atoms with Crippen LogP contribution in [-0.2, 0) is 14.6 Å². The Balaban J connectivity index is 0.00000420. The molecule has 6 nitrogen and oxygen atoms in total. The first kappa shape index (κ1) is 26.2. The second-order valence-corrected chi connectivity index (χ2v) is 11.2. The molecule has 0 aliphatic carbocycles. The minimum Gasteiger partial charge on any atom is -0.370 e. The zero-order valence-electron chi connectivity index (χ0n) is 18.5. The SMILES string of the molecule is CCNC(=NCCS(=O)(=O)C(C)(C)C)N1CCOC(c2ccc(C)cc2C)C1.I. The predicted molar refractivity (Wildman–Crippen MR) is 131 cm³/mol. The number of aryl methyl sites for hydroxylation is 2. The van der Waals surface area contributed by atoms with Gasteiger partial charge in [0, 0.05) is 13.1 Å². The number of nitrogens with zero attached hydrogens (tertiary/aromatic N) is 2. The molecule has 1 aromatic rings. The van der Waals surface area contributed by atoms with Crippen LogP contribution in [-0.4, -0.2) is 62.6 Å². The van der Waals surface area contributed by atoms with Crippen molar-refractivity contribution in [2.75, 3.05) is 38.5 Å². The van der Waals surface area contributed by atoms with Gasteiger partial charge < -0.3 is 15.0 Å². The fourth-order valence-electron chi connectivity index (χ4n) is 3.22. The van der Waals surface area contributed by atoms with Gasteiger partial charge in [-0.15, -0.1) is 24.0 Å². The van der Waals surface area contributed by atoms with E-state index >= 15 is 0 Å². The Hall–Kier alpha value is -0.870. The standard InChI is InChI=1S/C21H35N3O3S.HI/c1-7-22-20(23-10-13-28(25,26)21(4,5)6)24-11-12-27-19(15-24)18-9-8-16(2)14-17(18)3;/h8-9,14,19H,7,10-13,15H2,1-6H3,(H,22,23);1H. The number of halogens is 1. The Morgan fingerprint density at radius 1 is 1.31 bits per heavy atom. The van der Waals surface area contributed by atoms with Crippen LogP contribution in [0.5, 0.6) is 0 Å². The zero-order chi connectivity index (χ0) is 20.9. The summed E-state index contributed by atoms with van der Waals surface area (Å²) < 4.78 is 30.0. The van der Waals surface area contributed by atoms with Crippen molar-refractivity contribution in [2.45, 2.75) is 52.4 Å². The first-order chi connectivity index (χ1) is 13.0. The Bertz CT molecular complexity index is 804. The van der Waals surface area contributed by atoms with E-state index < -0.39 is 14.6 Å². The summed E-state index contributed by atoms with van der Waals surface area (Å²) >= 11 is 0. The van der Waals surface area contributed by atoms with Gasteiger partial charge in [0.05, 0.1) is 30.2 Å². The highest BCUT2D eigenvalue weighted by atomic mass is 127. The molecule has 0 saturated carbocycles. The van der Waals surface area contributed by atoms with Crippen molar-refractivity contribution in [2.24, 2.45) is 4.99 Å². The first-order valence-corrected chi connectivity index (χ1v) is 11.6. The molecule has 0 amide bonds. The molecule has 1 N–H and O–H groups in total. The maximum Gasteiger partial charge on any atom is 0.194 e. The van der Waals surface area contributed by atoms with E-state index in [0.29, 0.717) is 13.2 Å². The van der Waals surface area contributed by atoms with Crippen molar-refractivity contribution < 1.29 is 13.2 Å². The van der Waals surface area contributed by atoms with Crippen LogP contribution in [0.1, 0.15) is 50.5 Å². The molecule has 0 spiro atoms. The van der Waals surface area contributed by atoms with Gasteiger partial charge in [0.25, 0.3) is 0 Å². The molecule has 1 atom stereocenters. The number of aliphatic imine (C=N–C) groups is 1. The maximum absolute atomic E-state index is 12.3. The van der Waals surface area contributed by atoms with Gasteiger partial charge in [-0.05, 0) is 52.7 Å². The number of sulfone groups is 1. The lowest BCUT2D eigenvalue weighted by molar-refractivity contribution is -0.00832. The summed E-state index contributed by atoms with van der Waals surface area (Å²) in [6.07, 6.45) is -0.0171. The van der Waals surface area contributed by atoms with Crippen molar-refractivity contribution in [3.05, 3.63) is 34.9 Å². The van der Waals surface area contributed by atoms with E-state index in [4.69, 9.17) is 4.74 Å². The van der Waals surface area contributed by atoms with Crippen LogP contribution < -0.4 is 5.32 Å². The molecule has 0 radical (unpaired) electrons. The van der Waals surface area contributed by atoms with Crippen LogP contribution in [0.3, 0.4) is 0 Å². The molecule has 1 heterocycles. The Morgan fingerprint density at radius 2 is 2.00 bits per heavy atom. The van der Waals surface area contributed by atoms with Crippen LogP contribution in [0.15, 0.2) is 23.2 Å². The zero-order valence-corrected chi connectivity index (χ0v) is 21.6. The molecular weight excluding hydrogens is 501 g/mol. The summed E-state index contributed by atoms with van der Waals surface area (Å²) in [4.78, 5) is 6.76. The van der Waals surface area contributed by atoms with E-state index in [0.717, 1.165) is 19.0 Å². The van der Waals surface area contributed by atoms with Gasteiger partial charge in [0.2, 0.25) is 0 Å². The van der Waals surface area contributed by atoms with Crippen LogP contribution in [0.2, 0.25) is 0 Å². The molecule has 0 bridgehead atoms. The number of benzene rings is 1. The molecule has 0 aromatic heterocycles. The average molecular weight is 538 g/mol. The van der Waals surface area contributed by atoms with Gasteiger partial charge in [-0.25, -0.2) is 8.42 Å². The number of ether oxygens (including phenoxy) is 1. The lowest BCUT2D eigenvalue weighted by atomic mass is 10.00. The third-order valence-corrected chi connectivity index (χ3v) is 7.61. The molecule has 1 aromatic carbocycles. The van der Waals surface area contributed by atoms with Crippen molar-refractivity contribution in [3.8, 4) is 0 Å². The summed E-state index contributed by atoms with van der Waals surface area (Å²) in [7, 11) is -3.18. The number of guanidine groups is 1.